The number of para-hydroxylation sites is 1. The van der Waals surface area contributed by atoms with Crippen LogP contribution in [-0.4, -0.2) is 18.5 Å². The van der Waals surface area contributed by atoms with Crippen LogP contribution in [0, 0.1) is 6.92 Å². The van der Waals surface area contributed by atoms with E-state index in [4.69, 9.17) is 4.99 Å². The summed E-state index contributed by atoms with van der Waals surface area (Å²) in [7, 11) is 1.83. The van der Waals surface area contributed by atoms with Gasteiger partial charge in [-0.2, -0.15) is 0 Å². The number of aryl methyl sites for hydroxylation is 1. The molecule has 0 aliphatic heterocycles. The van der Waals surface area contributed by atoms with Crippen molar-refractivity contribution in [2.75, 3.05) is 7.05 Å². The van der Waals surface area contributed by atoms with Crippen molar-refractivity contribution < 1.29 is 0 Å². The fourth-order valence-corrected chi connectivity index (χ4v) is 3.78. The number of hydrogen-bond donors (Lipinski definition) is 0. The number of nitrogens with zero attached hydrogens (tertiary/aromatic N) is 2. The summed E-state index contributed by atoms with van der Waals surface area (Å²) in [6.07, 6.45) is 1.89. The highest BCUT2D eigenvalue weighted by molar-refractivity contribution is 6.06. The zero-order valence-electron chi connectivity index (χ0n) is 15.0. The molecule has 0 saturated carbocycles. The van der Waals surface area contributed by atoms with Crippen molar-refractivity contribution in [1.82, 2.24) is 0 Å². The van der Waals surface area contributed by atoms with Gasteiger partial charge in [-0.25, -0.2) is 0 Å². The van der Waals surface area contributed by atoms with Gasteiger partial charge in [-0.3, -0.25) is 9.98 Å². The van der Waals surface area contributed by atoms with E-state index in [2.05, 4.69) is 66.5 Å². The Bertz CT molecular complexity index is 1030. The third-order valence-corrected chi connectivity index (χ3v) is 5.17. The second-order valence-corrected chi connectivity index (χ2v) is 6.73. The van der Waals surface area contributed by atoms with Gasteiger partial charge in [0.2, 0.25) is 0 Å². The average molecular weight is 326 g/mol. The van der Waals surface area contributed by atoms with E-state index >= 15 is 0 Å². The van der Waals surface area contributed by atoms with Crippen LogP contribution in [0.15, 0.2) is 64.6 Å². The zero-order valence-corrected chi connectivity index (χ0v) is 15.0. The van der Waals surface area contributed by atoms with E-state index in [0.717, 1.165) is 29.8 Å². The highest BCUT2D eigenvalue weighted by atomic mass is 14.8. The molecular weight excluding hydrogens is 304 g/mol. The third kappa shape index (κ3) is 2.78. The van der Waals surface area contributed by atoms with Gasteiger partial charge in [-0.1, -0.05) is 48.5 Å². The van der Waals surface area contributed by atoms with Gasteiger partial charge in [-0.05, 0) is 47.4 Å². The molecule has 2 nitrogen and oxygen atoms in total. The third-order valence-electron chi connectivity index (χ3n) is 5.17. The molecular formula is C23H22N2. The Morgan fingerprint density at radius 3 is 2.48 bits per heavy atom. The highest BCUT2D eigenvalue weighted by Gasteiger charge is 2.21. The lowest BCUT2D eigenvalue weighted by atomic mass is 9.97. The van der Waals surface area contributed by atoms with E-state index in [9.17, 15) is 0 Å². The van der Waals surface area contributed by atoms with Gasteiger partial charge in [0.25, 0.3) is 0 Å². The molecule has 124 valence electrons. The molecule has 0 saturated heterocycles. The topological polar surface area (TPSA) is 24.7 Å². The van der Waals surface area contributed by atoms with Gasteiger partial charge in [0.05, 0.1) is 5.69 Å². The largest absolute Gasteiger partial charge is 0.293 e. The number of benzene rings is 3. The van der Waals surface area contributed by atoms with Gasteiger partial charge in [-0.15, -0.1) is 0 Å². The summed E-state index contributed by atoms with van der Waals surface area (Å²) in [6, 6.07) is 19.3. The molecule has 25 heavy (non-hydrogen) atoms. The van der Waals surface area contributed by atoms with Gasteiger partial charge < -0.3 is 0 Å². The van der Waals surface area contributed by atoms with Crippen molar-refractivity contribution in [3.05, 3.63) is 76.9 Å². The fraction of sp³-hybridized carbons (Fsp3) is 0.217. The van der Waals surface area contributed by atoms with Crippen LogP contribution < -0.4 is 0 Å². The average Bonchev–Trinajstić information content (AvgIpc) is 3.06. The van der Waals surface area contributed by atoms with Crippen LogP contribution in [0.4, 0.5) is 5.69 Å². The summed E-state index contributed by atoms with van der Waals surface area (Å²) in [5.41, 5.74) is 8.69. The minimum atomic E-state index is 0.939. The van der Waals surface area contributed by atoms with Gasteiger partial charge in [0, 0.05) is 36.9 Å². The standard InChI is InChI=1S/C23H22N2/c1-15-12-17-8-4-5-10-20(17)22-14-18(13-21(15)22)25-23-11-7-6-9-19(23)16(2)24-3/h4-12H,13-14H2,1-3H3. The van der Waals surface area contributed by atoms with Crippen LogP contribution in [-0.2, 0) is 12.8 Å². The van der Waals surface area contributed by atoms with E-state index in [1.807, 2.05) is 14.0 Å². The minimum absolute atomic E-state index is 0.939. The first-order valence-corrected chi connectivity index (χ1v) is 8.76. The lowest BCUT2D eigenvalue weighted by molar-refractivity contribution is 1.29. The molecule has 3 aromatic carbocycles. The number of rotatable bonds is 2. The molecule has 0 aromatic heterocycles. The first-order valence-electron chi connectivity index (χ1n) is 8.76. The van der Waals surface area contributed by atoms with Crippen LogP contribution in [0.5, 0.6) is 0 Å². The summed E-state index contributed by atoms with van der Waals surface area (Å²) >= 11 is 0. The molecule has 0 spiro atoms. The molecule has 2 heteroatoms. The summed E-state index contributed by atoms with van der Waals surface area (Å²) in [5, 5.41) is 2.70. The Labute approximate surface area is 149 Å². The van der Waals surface area contributed by atoms with Gasteiger partial charge in [0.15, 0.2) is 0 Å². The Morgan fingerprint density at radius 1 is 0.920 bits per heavy atom. The predicted molar refractivity (Wildman–Crippen MR) is 108 cm³/mol. The second kappa shape index (κ2) is 6.29. The van der Waals surface area contributed by atoms with E-state index in [1.54, 1.807) is 0 Å². The molecule has 0 unspecified atom stereocenters. The lowest BCUT2D eigenvalue weighted by Gasteiger charge is -2.07. The van der Waals surface area contributed by atoms with E-state index in [1.165, 1.54) is 33.2 Å². The Hall–Kier alpha value is -2.74. The molecule has 3 aromatic rings. The van der Waals surface area contributed by atoms with Crippen molar-refractivity contribution in [3.63, 3.8) is 0 Å². The first-order chi connectivity index (χ1) is 12.2. The second-order valence-electron chi connectivity index (χ2n) is 6.73. The summed E-state index contributed by atoms with van der Waals surface area (Å²) in [4.78, 5) is 9.36. The molecule has 0 atom stereocenters. The molecule has 1 aliphatic rings. The van der Waals surface area contributed by atoms with Crippen LogP contribution in [0.3, 0.4) is 0 Å². The Balaban J connectivity index is 1.79. The van der Waals surface area contributed by atoms with E-state index < -0.39 is 0 Å². The molecule has 0 bridgehead atoms. The number of aliphatic imine (C=N–C) groups is 2. The van der Waals surface area contributed by atoms with Crippen molar-refractivity contribution in [1.29, 1.82) is 0 Å². The normalized spacial score (nSPS) is 15.8. The van der Waals surface area contributed by atoms with Crippen molar-refractivity contribution in [2.45, 2.75) is 26.7 Å². The van der Waals surface area contributed by atoms with Crippen LogP contribution in [0.25, 0.3) is 10.8 Å². The van der Waals surface area contributed by atoms with Crippen molar-refractivity contribution in [2.24, 2.45) is 9.98 Å². The summed E-state index contributed by atoms with van der Waals surface area (Å²) in [5.74, 6) is 0. The molecule has 0 fully saturated rings. The summed E-state index contributed by atoms with van der Waals surface area (Å²) < 4.78 is 0. The zero-order chi connectivity index (χ0) is 17.4. The van der Waals surface area contributed by atoms with Crippen LogP contribution in [0.1, 0.15) is 29.2 Å². The maximum atomic E-state index is 5.03. The lowest BCUT2D eigenvalue weighted by Crippen LogP contribution is -1.99. The fourth-order valence-electron chi connectivity index (χ4n) is 3.78. The van der Waals surface area contributed by atoms with Crippen molar-refractivity contribution in [3.8, 4) is 0 Å². The summed E-state index contributed by atoms with van der Waals surface area (Å²) in [6.45, 7) is 4.26. The minimum Gasteiger partial charge on any atom is -0.293 e. The van der Waals surface area contributed by atoms with Gasteiger partial charge >= 0.3 is 0 Å². The van der Waals surface area contributed by atoms with Crippen molar-refractivity contribution >= 4 is 27.9 Å². The smallest absolute Gasteiger partial charge is 0.0719 e. The Kier molecular flexibility index (Phi) is 3.96. The Morgan fingerprint density at radius 2 is 1.64 bits per heavy atom. The molecule has 0 amide bonds. The van der Waals surface area contributed by atoms with Crippen LogP contribution >= 0.6 is 0 Å². The molecule has 1 aliphatic carbocycles. The van der Waals surface area contributed by atoms with E-state index in [-0.39, 0.29) is 0 Å². The predicted octanol–water partition coefficient (Wildman–Crippen LogP) is 5.46. The molecule has 4 rings (SSSR count). The molecule has 0 heterocycles. The molecule has 0 radical (unpaired) electrons. The quantitative estimate of drug-likeness (QED) is 0.559. The first kappa shape index (κ1) is 15.8. The van der Waals surface area contributed by atoms with Gasteiger partial charge in [0.1, 0.15) is 0 Å². The number of fused-ring (bicyclic) bond motifs is 3. The number of hydrogen-bond acceptors (Lipinski definition) is 2. The maximum Gasteiger partial charge on any atom is 0.0719 e. The van der Waals surface area contributed by atoms with E-state index in [0.29, 0.717) is 0 Å². The van der Waals surface area contributed by atoms with Crippen LogP contribution in [0.2, 0.25) is 0 Å². The SMILES string of the molecule is CN=C(C)c1ccccc1N=C1Cc2c(C)cc3ccccc3c2C1. The molecule has 0 N–H and O–H groups in total. The monoisotopic (exact) mass is 326 g/mol. The maximum absolute atomic E-state index is 5.03. The highest BCUT2D eigenvalue weighted by Crippen LogP contribution is 2.33.